The second-order valence-corrected chi connectivity index (χ2v) is 6.14. The predicted octanol–water partition coefficient (Wildman–Crippen LogP) is 1.48. The van der Waals surface area contributed by atoms with E-state index < -0.39 is 0 Å². The first-order valence-electron chi connectivity index (χ1n) is 8.12. The van der Waals surface area contributed by atoms with Crippen LogP contribution in [0.1, 0.15) is 5.56 Å². The zero-order chi connectivity index (χ0) is 18.4. The number of amides is 2. The molecule has 0 unspecified atom stereocenters. The molecule has 6 heteroatoms. The highest BCUT2D eigenvalue weighted by molar-refractivity contribution is 5.85. The molecule has 0 aliphatic rings. The Labute approximate surface area is 148 Å². The van der Waals surface area contributed by atoms with E-state index >= 15 is 0 Å². The highest BCUT2D eigenvalue weighted by Crippen LogP contribution is 2.22. The SMILES string of the molecule is CNC(=O)CN(C)C(=O)CN(C)Cc1ccc2cc(OC)ccc2c1. The normalized spacial score (nSPS) is 10.8. The van der Waals surface area contributed by atoms with Gasteiger partial charge in [0.05, 0.1) is 20.2 Å². The summed E-state index contributed by atoms with van der Waals surface area (Å²) in [6.45, 7) is 0.983. The van der Waals surface area contributed by atoms with E-state index in [1.54, 1.807) is 21.2 Å². The van der Waals surface area contributed by atoms with Gasteiger partial charge in [0.25, 0.3) is 0 Å². The number of benzene rings is 2. The molecule has 0 saturated heterocycles. The number of nitrogens with one attached hydrogen (secondary N) is 1. The lowest BCUT2D eigenvalue weighted by Gasteiger charge is -2.21. The molecule has 2 amide bonds. The summed E-state index contributed by atoms with van der Waals surface area (Å²) < 4.78 is 5.24. The Morgan fingerprint density at radius 1 is 1.04 bits per heavy atom. The molecule has 0 aromatic heterocycles. The maximum atomic E-state index is 12.2. The molecule has 2 rings (SSSR count). The minimum atomic E-state index is -0.177. The molecule has 6 nitrogen and oxygen atoms in total. The van der Waals surface area contributed by atoms with E-state index in [1.165, 1.54) is 4.90 Å². The van der Waals surface area contributed by atoms with Gasteiger partial charge < -0.3 is 15.0 Å². The average molecular weight is 343 g/mol. The maximum absolute atomic E-state index is 12.2. The third-order valence-corrected chi connectivity index (χ3v) is 4.05. The van der Waals surface area contributed by atoms with Gasteiger partial charge >= 0.3 is 0 Å². The van der Waals surface area contributed by atoms with Gasteiger partial charge in [-0.05, 0) is 41.6 Å². The molecule has 0 fully saturated rings. The van der Waals surface area contributed by atoms with E-state index in [2.05, 4.69) is 23.5 Å². The minimum Gasteiger partial charge on any atom is -0.497 e. The van der Waals surface area contributed by atoms with Crippen molar-refractivity contribution >= 4 is 22.6 Å². The number of methoxy groups -OCH3 is 1. The summed E-state index contributed by atoms with van der Waals surface area (Å²) in [6.07, 6.45) is 0. The third-order valence-electron chi connectivity index (χ3n) is 4.05. The number of carbonyl (C=O) groups excluding carboxylic acids is 2. The van der Waals surface area contributed by atoms with Crippen molar-refractivity contribution in [1.82, 2.24) is 15.1 Å². The number of rotatable bonds is 7. The fourth-order valence-electron chi connectivity index (χ4n) is 2.60. The van der Waals surface area contributed by atoms with Gasteiger partial charge in [-0.15, -0.1) is 0 Å². The number of carbonyl (C=O) groups is 2. The van der Waals surface area contributed by atoms with Gasteiger partial charge in [-0.3, -0.25) is 14.5 Å². The van der Waals surface area contributed by atoms with E-state index in [0.29, 0.717) is 6.54 Å². The Bertz CT molecular complexity index is 761. The van der Waals surface area contributed by atoms with Crippen molar-refractivity contribution in [2.45, 2.75) is 6.54 Å². The van der Waals surface area contributed by atoms with Crippen LogP contribution in [0.4, 0.5) is 0 Å². The summed E-state index contributed by atoms with van der Waals surface area (Å²) in [7, 11) is 6.74. The Morgan fingerprint density at radius 2 is 1.72 bits per heavy atom. The summed E-state index contributed by atoms with van der Waals surface area (Å²) in [4.78, 5) is 26.9. The zero-order valence-electron chi connectivity index (χ0n) is 15.2. The lowest BCUT2D eigenvalue weighted by atomic mass is 10.1. The molecule has 25 heavy (non-hydrogen) atoms. The second kappa shape index (κ2) is 8.48. The lowest BCUT2D eigenvalue weighted by molar-refractivity contribution is -0.135. The zero-order valence-corrected chi connectivity index (χ0v) is 15.2. The van der Waals surface area contributed by atoms with Gasteiger partial charge in [0.1, 0.15) is 5.75 Å². The first-order chi connectivity index (χ1) is 11.9. The molecule has 1 N–H and O–H groups in total. The van der Waals surface area contributed by atoms with Crippen molar-refractivity contribution < 1.29 is 14.3 Å². The highest BCUT2D eigenvalue weighted by Gasteiger charge is 2.14. The van der Waals surface area contributed by atoms with E-state index in [4.69, 9.17) is 4.74 Å². The van der Waals surface area contributed by atoms with Gasteiger partial charge in [-0.1, -0.05) is 18.2 Å². The summed E-state index contributed by atoms with van der Waals surface area (Å²) >= 11 is 0. The van der Waals surface area contributed by atoms with Crippen LogP contribution in [-0.2, 0) is 16.1 Å². The molecule has 0 aliphatic carbocycles. The van der Waals surface area contributed by atoms with Crippen molar-refractivity contribution in [3.05, 3.63) is 42.0 Å². The molecule has 0 radical (unpaired) electrons. The first-order valence-corrected chi connectivity index (χ1v) is 8.12. The van der Waals surface area contributed by atoms with Crippen LogP contribution in [0.2, 0.25) is 0 Å². The van der Waals surface area contributed by atoms with Crippen LogP contribution in [0.3, 0.4) is 0 Å². The summed E-state index contributed by atoms with van der Waals surface area (Å²) in [5, 5.41) is 4.77. The van der Waals surface area contributed by atoms with Crippen molar-refractivity contribution in [2.75, 3.05) is 41.3 Å². The van der Waals surface area contributed by atoms with Gasteiger partial charge in [0, 0.05) is 20.6 Å². The Morgan fingerprint density at radius 3 is 2.40 bits per heavy atom. The molecular weight excluding hydrogens is 318 g/mol. The minimum absolute atomic E-state index is 0.0704. The second-order valence-electron chi connectivity index (χ2n) is 6.14. The van der Waals surface area contributed by atoms with Crippen LogP contribution >= 0.6 is 0 Å². The Balaban J connectivity index is 1.97. The predicted molar refractivity (Wildman–Crippen MR) is 98.5 cm³/mol. The van der Waals surface area contributed by atoms with Gasteiger partial charge in [0.2, 0.25) is 11.8 Å². The van der Waals surface area contributed by atoms with E-state index in [0.717, 1.165) is 22.1 Å². The highest BCUT2D eigenvalue weighted by atomic mass is 16.5. The fraction of sp³-hybridized carbons (Fsp3) is 0.368. The number of ether oxygens (including phenoxy) is 1. The lowest BCUT2D eigenvalue weighted by Crippen LogP contribution is -2.41. The van der Waals surface area contributed by atoms with Crippen molar-refractivity contribution in [3.8, 4) is 5.75 Å². The summed E-state index contributed by atoms with van der Waals surface area (Å²) in [6, 6.07) is 12.2. The van der Waals surface area contributed by atoms with Crippen molar-refractivity contribution in [3.63, 3.8) is 0 Å². The molecule has 0 atom stereocenters. The number of likely N-dealkylation sites (N-methyl/N-ethyl adjacent to an activating group) is 3. The van der Waals surface area contributed by atoms with Crippen LogP contribution in [0, 0.1) is 0 Å². The topological polar surface area (TPSA) is 61.9 Å². The van der Waals surface area contributed by atoms with Crippen LogP contribution in [0.25, 0.3) is 10.8 Å². The number of fused-ring (bicyclic) bond motifs is 1. The van der Waals surface area contributed by atoms with E-state index in [-0.39, 0.29) is 24.9 Å². The molecule has 134 valence electrons. The van der Waals surface area contributed by atoms with Crippen molar-refractivity contribution in [2.24, 2.45) is 0 Å². The monoisotopic (exact) mass is 343 g/mol. The summed E-state index contributed by atoms with van der Waals surface area (Å²) in [5.41, 5.74) is 1.13. The molecule has 0 saturated carbocycles. The molecule has 0 aliphatic heterocycles. The van der Waals surface area contributed by atoms with Gasteiger partial charge in [-0.25, -0.2) is 0 Å². The quantitative estimate of drug-likeness (QED) is 0.827. The Kier molecular flexibility index (Phi) is 6.36. The summed E-state index contributed by atoms with van der Waals surface area (Å²) in [5.74, 6) is 0.571. The Hall–Kier alpha value is -2.60. The molecule has 2 aromatic rings. The first kappa shape index (κ1) is 18.7. The molecule has 0 bridgehead atoms. The molecular formula is C19H25N3O3. The van der Waals surface area contributed by atoms with Crippen LogP contribution in [0.5, 0.6) is 5.75 Å². The smallest absolute Gasteiger partial charge is 0.239 e. The van der Waals surface area contributed by atoms with Crippen molar-refractivity contribution in [1.29, 1.82) is 0 Å². The van der Waals surface area contributed by atoms with Gasteiger partial charge in [-0.2, -0.15) is 0 Å². The number of hydrogen-bond acceptors (Lipinski definition) is 4. The fourth-order valence-corrected chi connectivity index (χ4v) is 2.60. The standard InChI is InChI=1S/C19H25N3O3/c1-20-18(23)12-22(3)19(24)13-21(2)11-14-5-6-16-10-17(25-4)8-7-15(16)9-14/h5-10H,11-13H2,1-4H3,(H,20,23). The van der Waals surface area contributed by atoms with Crippen LogP contribution in [-0.4, -0.2) is 63.0 Å². The molecule has 0 spiro atoms. The van der Waals surface area contributed by atoms with Gasteiger partial charge in [0.15, 0.2) is 0 Å². The maximum Gasteiger partial charge on any atom is 0.239 e. The largest absolute Gasteiger partial charge is 0.497 e. The number of hydrogen-bond donors (Lipinski definition) is 1. The molecule has 2 aromatic carbocycles. The third kappa shape index (κ3) is 5.19. The van der Waals surface area contributed by atoms with Crippen LogP contribution in [0.15, 0.2) is 36.4 Å². The number of nitrogens with zero attached hydrogens (tertiary/aromatic N) is 2. The molecule has 0 heterocycles. The van der Waals surface area contributed by atoms with E-state index in [1.807, 2.05) is 30.1 Å². The average Bonchev–Trinajstić information content (AvgIpc) is 2.60. The van der Waals surface area contributed by atoms with Crippen LogP contribution < -0.4 is 10.1 Å². The van der Waals surface area contributed by atoms with E-state index in [9.17, 15) is 9.59 Å².